The fourth-order valence-corrected chi connectivity index (χ4v) is 1.60. The summed E-state index contributed by atoms with van der Waals surface area (Å²) in [5.74, 6) is 0. The Labute approximate surface area is 72.1 Å². The first-order valence-electron chi connectivity index (χ1n) is 4.22. The monoisotopic (exact) mass is 171 g/mol. The molecule has 1 atom stereocenters. The minimum atomic E-state index is -1.28. The molecule has 0 spiro atoms. The lowest BCUT2D eigenvalue weighted by molar-refractivity contribution is -0.121. The Kier molecular flexibility index (Phi) is 2.84. The lowest BCUT2D eigenvalue weighted by atomic mass is 9.95. The van der Waals surface area contributed by atoms with Crippen LogP contribution in [0.25, 0.3) is 0 Å². The normalized spacial score (nSPS) is 31.0. The summed E-state index contributed by atoms with van der Waals surface area (Å²) in [5, 5.41) is 0. The molecule has 68 valence electrons. The second kappa shape index (κ2) is 3.70. The van der Waals surface area contributed by atoms with Crippen LogP contribution in [-0.2, 0) is 4.79 Å². The Balaban J connectivity index is 2.60. The molecule has 12 heavy (non-hydrogen) atoms. The quantitative estimate of drug-likeness (QED) is 0.455. The van der Waals surface area contributed by atoms with Crippen LogP contribution in [0.5, 0.6) is 0 Å². The fraction of sp³-hybridized carbons (Fsp3) is 0.667. The van der Waals surface area contributed by atoms with Gasteiger partial charge in [-0.25, -0.2) is 4.39 Å². The number of halogens is 1. The van der Waals surface area contributed by atoms with Crippen LogP contribution >= 0.6 is 0 Å². The van der Waals surface area contributed by atoms with Crippen molar-refractivity contribution in [2.24, 2.45) is 0 Å². The van der Waals surface area contributed by atoms with Crippen LogP contribution in [0, 0.1) is 0 Å². The van der Waals surface area contributed by atoms with E-state index in [4.69, 9.17) is 0 Å². The number of allylic oxidation sites excluding steroid dienone is 1. The molecule has 1 fully saturated rings. The molecule has 0 aromatic rings. The number of carbonyl (C=O) groups is 1. The van der Waals surface area contributed by atoms with Crippen LogP contribution in [0.2, 0.25) is 0 Å². The van der Waals surface area contributed by atoms with Crippen LogP contribution in [0.1, 0.15) is 19.8 Å². The van der Waals surface area contributed by atoms with Gasteiger partial charge in [0.2, 0.25) is 6.41 Å². The van der Waals surface area contributed by atoms with Gasteiger partial charge in [-0.3, -0.25) is 4.79 Å². The van der Waals surface area contributed by atoms with Gasteiger partial charge in [0.15, 0.2) is 0 Å². The summed E-state index contributed by atoms with van der Waals surface area (Å²) in [5.41, 5.74) is -1.28. The van der Waals surface area contributed by atoms with Crippen LogP contribution in [0.4, 0.5) is 4.39 Å². The molecule has 1 unspecified atom stereocenters. The standard InChI is InChI=1S/C9H14FNO/c1-2-4-9(10)5-3-6-11(7-9)8-12/h2,4,8H,3,5-7H2,1H3/b4-2+. The number of rotatable bonds is 2. The molecule has 0 radical (unpaired) electrons. The molecule has 0 saturated carbocycles. The van der Waals surface area contributed by atoms with Crippen LogP contribution in [-0.4, -0.2) is 30.1 Å². The topological polar surface area (TPSA) is 20.3 Å². The number of hydrogen-bond donors (Lipinski definition) is 0. The summed E-state index contributed by atoms with van der Waals surface area (Å²) in [7, 11) is 0. The maximum Gasteiger partial charge on any atom is 0.209 e. The predicted octanol–water partition coefficient (Wildman–Crippen LogP) is 1.52. The fourth-order valence-electron chi connectivity index (χ4n) is 1.60. The third-order valence-electron chi connectivity index (χ3n) is 2.12. The summed E-state index contributed by atoms with van der Waals surface area (Å²) in [6.45, 7) is 2.69. The predicted molar refractivity (Wildman–Crippen MR) is 45.5 cm³/mol. The summed E-state index contributed by atoms with van der Waals surface area (Å²) >= 11 is 0. The number of carbonyl (C=O) groups excluding carboxylic acids is 1. The summed E-state index contributed by atoms with van der Waals surface area (Å²) in [4.78, 5) is 11.9. The average Bonchev–Trinajstić information content (AvgIpc) is 2.04. The second-order valence-electron chi connectivity index (χ2n) is 3.21. The van der Waals surface area contributed by atoms with Crippen molar-refractivity contribution in [2.45, 2.75) is 25.4 Å². The van der Waals surface area contributed by atoms with E-state index in [1.54, 1.807) is 19.1 Å². The van der Waals surface area contributed by atoms with Crippen molar-refractivity contribution in [3.8, 4) is 0 Å². The Morgan fingerprint density at radius 2 is 2.33 bits per heavy atom. The van der Waals surface area contributed by atoms with Crippen molar-refractivity contribution in [2.75, 3.05) is 13.1 Å². The summed E-state index contributed by atoms with van der Waals surface area (Å²) in [6, 6.07) is 0. The lowest BCUT2D eigenvalue weighted by Crippen LogP contribution is -2.43. The Hall–Kier alpha value is -0.860. The molecule has 1 amide bonds. The van der Waals surface area contributed by atoms with Crippen molar-refractivity contribution >= 4 is 6.41 Å². The van der Waals surface area contributed by atoms with E-state index in [1.807, 2.05) is 0 Å². The highest BCUT2D eigenvalue weighted by Gasteiger charge is 2.31. The van der Waals surface area contributed by atoms with Crippen LogP contribution in [0.15, 0.2) is 12.2 Å². The molecule has 0 aromatic carbocycles. The molecule has 1 aliphatic rings. The zero-order chi connectivity index (χ0) is 9.03. The first-order chi connectivity index (χ1) is 5.70. The van der Waals surface area contributed by atoms with Gasteiger partial charge in [-0.1, -0.05) is 12.2 Å². The van der Waals surface area contributed by atoms with Gasteiger partial charge in [0, 0.05) is 6.54 Å². The van der Waals surface area contributed by atoms with Gasteiger partial charge in [0.25, 0.3) is 0 Å². The third-order valence-corrected chi connectivity index (χ3v) is 2.12. The summed E-state index contributed by atoms with van der Waals surface area (Å²) < 4.78 is 13.7. The Morgan fingerprint density at radius 1 is 1.58 bits per heavy atom. The zero-order valence-electron chi connectivity index (χ0n) is 7.29. The van der Waals surface area contributed by atoms with Gasteiger partial charge >= 0.3 is 0 Å². The van der Waals surface area contributed by atoms with Crippen molar-refractivity contribution in [1.82, 2.24) is 4.90 Å². The van der Waals surface area contributed by atoms with Gasteiger partial charge < -0.3 is 4.90 Å². The lowest BCUT2D eigenvalue weighted by Gasteiger charge is -2.33. The zero-order valence-corrected chi connectivity index (χ0v) is 7.29. The van der Waals surface area contributed by atoms with E-state index in [9.17, 15) is 9.18 Å². The molecular formula is C9H14FNO. The first kappa shape index (κ1) is 9.23. The minimum Gasteiger partial charge on any atom is -0.342 e. The number of piperidine rings is 1. The number of nitrogens with zero attached hydrogens (tertiary/aromatic N) is 1. The highest BCUT2D eigenvalue weighted by atomic mass is 19.1. The van der Waals surface area contributed by atoms with Crippen molar-refractivity contribution in [3.63, 3.8) is 0 Å². The van der Waals surface area contributed by atoms with Gasteiger partial charge in [0.05, 0.1) is 6.54 Å². The van der Waals surface area contributed by atoms with Gasteiger partial charge in [0.1, 0.15) is 5.67 Å². The molecule has 0 aromatic heterocycles. The highest BCUT2D eigenvalue weighted by Crippen LogP contribution is 2.25. The van der Waals surface area contributed by atoms with E-state index in [0.717, 1.165) is 12.8 Å². The summed E-state index contributed by atoms with van der Waals surface area (Å²) in [6.07, 6.45) is 5.25. The molecule has 1 aliphatic heterocycles. The van der Waals surface area contributed by atoms with Crippen molar-refractivity contribution in [1.29, 1.82) is 0 Å². The molecule has 3 heteroatoms. The smallest absolute Gasteiger partial charge is 0.209 e. The van der Waals surface area contributed by atoms with E-state index in [-0.39, 0.29) is 6.54 Å². The highest BCUT2D eigenvalue weighted by molar-refractivity contribution is 5.47. The largest absolute Gasteiger partial charge is 0.342 e. The number of hydrogen-bond acceptors (Lipinski definition) is 1. The van der Waals surface area contributed by atoms with Gasteiger partial charge in [-0.05, 0) is 19.8 Å². The molecule has 2 nitrogen and oxygen atoms in total. The third kappa shape index (κ3) is 2.06. The van der Waals surface area contributed by atoms with E-state index in [1.165, 1.54) is 4.90 Å². The van der Waals surface area contributed by atoms with Gasteiger partial charge in [-0.2, -0.15) is 0 Å². The molecule has 1 rings (SSSR count). The number of amides is 1. The molecule has 1 saturated heterocycles. The number of alkyl halides is 1. The minimum absolute atomic E-state index is 0.209. The van der Waals surface area contributed by atoms with Gasteiger partial charge in [-0.15, -0.1) is 0 Å². The maximum atomic E-state index is 13.7. The first-order valence-corrected chi connectivity index (χ1v) is 4.22. The van der Waals surface area contributed by atoms with E-state index < -0.39 is 5.67 Å². The molecule has 0 aliphatic carbocycles. The SMILES string of the molecule is C/C=C/C1(F)CCCN(C=O)C1. The molecular weight excluding hydrogens is 157 g/mol. The number of likely N-dealkylation sites (tertiary alicyclic amines) is 1. The molecule has 1 heterocycles. The average molecular weight is 171 g/mol. The molecule has 0 bridgehead atoms. The Morgan fingerprint density at radius 3 is 2.92 bits per heavy atom. The van der Waals surface area contributed by atoms with Crippen LogP contribution in [0.3, 0.4) is 0 Å². The second-order valence-corrected chi connectivity index (χ2v) is 3.21. The van der Waals surface area contributed by atoms with Crippen molar-refractivity contribution in [3.05, 3.63) is 12.2 Å². The van der Waals surface area contributed by atoms with Crippen molar-refractivity contribution < 1.29 is 9.18 Å². The van der Waals surface area contributed by atoms with E-state index in [0.29, 0.717) is 13.0 Å². The molecule has 0 N–H and O–H groups in total. The maximum absolute atomic E-state index is 13.7. The van der Waals surface area contributed by atoms with E-state index >= 15 is 0 Å². The van der Waals surface area contributed by atoms with E-state index in [2.05, 4.69) is 0 Å². The Bertz CT molecular complexity index is 193. The van der Waals surface area contributed by atoms with Crippen LogP contribution < -0.4 is 0 Å².